The standard InChI is InChI=1S/C18H19N3O3S2/c1-13-11-16(24-2)3-4-17(13)26(22,23)20-10-7-15-12-25-18(21-15)14-5-8-19-9-6-14/h3-6,8-9,11-12,20H,7,10H2,1-2H3. The SMILES string of the molecule is COc1ccc(S(=O)(=O)NCCc2csc(-c3ccncc3)n2)c(C)c1. The fourth-order valence-corrected chi connectivity index (χ4v) is 4.61. The summed E-state index contributed by atoms with van der Waals surface area (Å²) in [5, 5.41) is 2.85. The van der Waals surface area contributed by atoms with E-state index in [0.717, 1.165) is 16.3 Å². The van der Waals surface area contributed by atoms with Gasteiger partial charge in [-0.25, -0.2) is 18.1 Å². The first-order valence-corrected chi connectivity index (χ1v) is 10.3. The Labute approximate surface area is 157 Å². The van der Waals surface area contributed by atoms with Crippen LogP contribution in [0.1, 0.15) is 11.3 Å². The molecular formula is C18H19N3O3S2. The minimum absolute atomic E-state index is 0.258. The Bertz CT molecular complexity index is 986. The van der Waals surface area contributed by atoms with Crippen molar-refractivity contribution in [3.05, 3.63) is 59.4 Å². The zero-order chi connectivity index (χ0) is 18.6. The van der Waals surface area contributed by atoms with Crippen LogP contribution in [-0.4, -0.2) is 32.0 Å². The van der Waals surface area contributed by atoms with Gasteiger partial charge in [0.1, 0.15) is 10.8 Å². The average Bonchev–Trinajstić information content (AvgIpc) is 3.11. The van der Waals surface area contributed by atoms with Crippen molar-refractivity contribution < 1.29 is 13.2 Å². The molecule has 26 heavy (non-hydrogen) atoms. The van der Waals surface area contributed by atoms with Gasteiger partial charge in [-0.2, -0.15) is 0 Å². The highest BCUT2D eigenvalue weighted by atomic mass is 32.2. The van der Waals surface area contributed by atoms with Crippen LogP contribution >= 0.6 is 11.3 Å². The van der Waals surface area contributed by atoms with Crippen molar-refractivity contribution in [2.45, 2.75) is 18.2 Å². The Morgan fingerprint density at radius 2 is 1.96 bits per heavy atom. The van der Waals surface area contributed by atoms with E-state index >= 15 is 0 Å². The Morgan fingerprint density at radius 1 is 1.19 bits per heavy atom. The van der Waals surface area contributed by atoms with Gasteiger partial charge in [-0.1, -0.05) is 0 Å². The smallest absolute Gasteiger partial charge is 0.240 e. The van der Waals surface area contributed by atoms with Gasteiger partial charge >= 0.3 is 0 Å². The van der Waals surface area contributed by atoms with E-state index in [2.05, 4.69) is 14.7 Å². The van der Waals surface area contributed by atoms with Crippen molar-refractivity contribution in [2.24, 2.45) is 0 Å². The summed E-state index contributed by atoms with van der Waals surface area (Å²) in [6.45, 7) is 2.03. The molecule has 0 atom stereocenters. The van der Waals surface area contributed by atoms with E-state index in [1.54, 1.807) is 44.6 Å². The number of sulfonamides is 1. The monoisotopic (exact) mass is 389 g/mol. The molecule has 0 aliphatic carbocycles. The molecule has 0 bridgehead atoms. The molecular weight excluding hydrogens is 370 g/mol. The zero-order valence-electron chi connectivity index (χ0n) is 14.5. The molecule has 3 rings (SSSR count). The maximum Gasteiger partial charge on any atom is 0.240 e. The van der Waals surface area contributed by atoms with E-state index in [0.29, 0.717) is 17.7 Å². The fourth-order valence-electron chi connectivity index (χ4n) is 2.49. The van der Waals surface area contributed by atoms with Gasteiger partial charge in [0.05, 0.1) is 17.7 Å². The molecule has 0 saturated carbocycles. The number of hydrogen-bond acceptors (Lipinski definition) is 6. The molecule has 1 N–H and O–H groups in total. The first-order valence-electron chi connectivity index (χ1n) is 7.99. The Morgan fingerprint density at radius 3 is 2.65 bits per heavy atom. The summed E-state index contributed by atoms with van der Waals surface area (Å²) >= 11 is 1.53. The molecule has 8 heteroatoms. The number of aromatic nitrogens is 2. The summed E-state index contributed by atoms with van der Waals surface area (Å²) in [4.78, 5) is 8.80. The summed E-state index contributed by atoms with van der Waals surface area (Å²) in [7, 11) is -2.02. The second-order valence-electron chi connectivity index (χ2n) is 5.66. The molecule has 136 valence electrons. The van der Waals surface area contributed by atoms with Crippen LogP contribution in [-0.2, 0) is 16.4 Å². The van der Waals surface area contributed by atoms with Crippen LogP contribution in [0.3, 0.4) is 0 Å². The first kappa shape index (κ1) is 18.5. The molecule has 2 heterocycles. The third-order valence-corrected chi connectivity index (χ3v) is 6.39. The Balaban J connectivity index is 1.63. The van der Waals surface area contributed by atoms with Crippen molar-refractivity contribution in [3.63, 3.8) is 0 Å². The highest BCUT2D eigenvalue weighted by Gasteiger charge is 2.17. The highest BCUT2D eigenvalue weighted by molar-refractivity contribution is 7.89. The average molecular weight is 390 g/mol. The van der Waals surface area contributed by atoms with Crippen LogP contribution in [0, 0.1) is 6.92 Å². The van der Waals surface area contributed by atoms with Crippen LogP contribution in [0.5, 0.6) is 5.75 Å². The summed E-state index contributed by atoms with van der Waals surface area (Å²) in [5.74, 6) is 0.632. The fraction of sp³-hybridized carbons (Fsp3) is 0.222. The predicted molar refractivity (Wildman–Crippen MR) is 102 cm³/mol. The maximum absolute atomic E-state index is 12.5. The quantitative estimate of drug-likeness (QED) is 0.672. The molecule has 6 nitrogen and oxygen atoms in total. The van der Waals surface area contributed by atoms with Crippen LogP contribution in [0.2, 0.25) is 0 Å². The molecule has 3 aromatic rings. The van der Waals surface area contributed by atoms with E-state index in [9.17, 15) is 8.42 Å². The number of nitrogens with one attached hydrogen (secondary N) is 1. The maximum atomic E-state index is 12.5. The minimum Gasteiger partial charge on any atom is -0.497 e. The van der Waals surface area contributed by atoms with Gasteiger partial charge in [-0.15, -0.1) is 11.3 Å². The molecule has 1 aromatic carbocycles. The summed E-state index contributed by atoms with van der Waals surface area (Å²) in [6.07, 6.45) is 3.97. The van der Waals surface area contributed by atoms with Crippen LogP contribution < -0.4 is 9.46 Å². The number of hydrogen-bond donors (Lipinski definition) is 1. The van der Waals surface area contributed by atoms with Gasteiger partial charge < -0.3 is 4.74 Å². The van der Waals surface area contributed by atoms with Crippen molar-refractivity contribution in [3.8, 4) is 16.3 Å². The lowest BCUT2D eigenvalue weighted by Crippen LogP contribution is -2.26. The number of rotatable bonds is 7. The van der Waals surface area contributed by atoms with E-state index in [1.807, 2.05) is 17.5 Å². The lowest BCUT2D eigenvalue weighted by atomic mass is 10.2. The number of nitrogens with zero attached hydrogens (tertiary/aromatic N) is 2. The van der Waals surface area contributed by atoms with Gasteiger partial charge in [0.25, 0.3) is 0 Å². The van der Waals surface area contributed by atoms with Crippen molar-refractivity contribution in [2.75, 3.05) is 13.7 Å². The van der Waals surface area contributed by atoms with Crippen molar-refractivity contribution >= 4 is 21.4 Å². The lowest BCUT2D eigenvalue weighted by molar-refractivity contribution is 0.414. The van der Waals surface area contributed by atoms with Crippen LogP contribution in [0.4, 0.5) is 0 Å². The van der Waals surface area contributed by atoms with E-state index in [1.165, 1.54) is 11.3 Å². The molecule has 2 aromatic heterocycles. The normalized spacial score (nSPS) is 11.5. The third kappa shape index (κ3) is 4.27. The molecule has 0 spiro atoms. The van der Waals surface area contributed by atoms with E-state index in [4.69, 9.17) is 4.74 Å². The molecule has 0 radical (unpaired) electrons. The number of methoxy groups -OCH3 is 1. The van der Waals surface area contributed by atoms with Gasteiger partial charge in [0, 0.05) is 36.3 Å². The molecule has 0 fully saturated rings. The number of pyridine rings is 1. The molecule has 0 unspecified atom stereocenters. The van der Waals surface area contributed by atoms with Crippen molar-refractivity contribution in [1.82, 2.24) is 14.7 Å². The molecule has 0 saturated heterocycles. The highest BCUT2D eigenvalue weighted by Crippen LogP contribution is 2.23. The van der Waals surface area contributed by atoms with E-state index in [-0.39, 0.29) is 11.4 Å². The predicted octanol–water partition coefficient (Wildman–Crippen LogP) is 3.04. The third-order valence-electron chi connectivity index (χ3n) is 3.82. The Hall–Kier alpha value is -2.29. The van der Waals surface area contributed by atoms with Crippen molar-refractivity contribution in [1.29, 1.82) is 0 Å². The van der Waals surface area contributed by atoms with Gasteiger partial charge in [0.2, 0.25) is 10.0 Å². The van der Waals surface area contributed by atoms with Crippen LogP contribution in [0.15, 0.2) is 53.0 Å². The largest absolute Gasteiger partial charge is 0.497 e. The Kier molecular flexibility index (Phi) is 5.65. The summed E-state index contributed by atoms with van der Waals surface area (Å²) < 4.78 is 32.7. The summed E-state index contributed by atoms with van der Waals surface area (Å²) in [6, 6.07) is 8.70. The number of benzene rings is 1. The topological polar surface area (TPSA) is 81.2 Å². The number of thiazole rings is 1. The second-order valence-corrected chi connectivity index (χ2v) is 8.25. The van der Waals surface area contributed by atoms with Gasteiger partial charge in [-0.3, -0.25) is 4.98 Å². The minimum atomic E-state index is -3.57. The second kappa shape index (κ2) is 7.94. The number of aryl methyl sites for hydroxylation is 1. The van der Waals surface area contributed by atoms with E-state index < -0.39 is 10.0 Å². The molecule has 0 aliphatic heterocycles. The molecule has 0 amide bonds. The summed E-state index contributed by atoms with van der Waals surface area (Å²) in [5.41, 5.74) is 2.51. The number of ether oxygens (including phenoxy) is 1. The van der Waals surface area contributed by atoms with Gasteiger partial charge in [-0.05, 0) is 42.8 Å². The van der Waals surface area contributed by atoms with Gasteiger partial charge in [0.15, 0.2) is 0 Å². The molecule has 0 aliphatic rings. The zero-order valence-corrected chi connectivity index (χ0v) is 16.1. The first-order chi connectivity index (χ1) is 12.5. The lowest BCUT2D eigenvalue weighted by Gasteiger charge is -2.10. The van der Waals surface area contributed by atoms with Crippen LogP contribution in [0.25, 0.3) is 10.6 Å².